The monoisotopic (exact) mass is 460 g/mol. The molecule has 1 aromatic carbocycles. The molecule has 3 heterocycles. The SMILES string of the molecule is Cc1n[nH]c(C)c1S(=O)(=O)N1CCN(C(=O)CC2NC(=O)c3ccccc3NC2=O)CC1. The van der Waals surface area contributed by atoms with Crippen molar-refractivity contribution < 1.29 is 22.8 Å². The Morgan fingerprint density at radius 3 is 2.47 bits per heavy atom. The van der Waals surface area contributed by atoms with Crippen LogP contribution in [-0.4, -0.2) is 77.8 Å². The van der Waals surface area contributed by atoms with Gasteiger partial charge in [0.2, 0.25) is 21.8 Å². The van der Waals surface area contributed by atoms with Crippen LogP contribution in [0.5, 0.6) is 0 Å². The van der Waals surface area contributed by atoms with Crippen molar-refractivity contribution in [2.45, 2.75) is 31.2 Å². The minimum absolute atomic E-state index is 0.132. The van der Waals surface area contributed by atoms with E-state index < -0.39 is 27.9 Å². The predicted octanol–water partition coefficient (Wildman–Crippen LogP) is 0.000240. The van der Waals surface area contributed by atoms with Gasteiger partial charge in [-0.1, -0.05) is 12.1 Å². The zero-order chi connectivity index (χ0) is 23.0. The standard InChI is InChI=1S/C20H24N6O5S/c1-12-18(13(2)24-23-12)32(30,31)26-9-7-25(8-10-26)17(27)11-16-20(29)21-15-6-4-3-5-14(15)19(28)22-16/h3-6,16H,7-11H2,1-2H3,(H,21,29)(H,22,28)(H,23,24). The molecule has 0 spiro atoms. The van der Waals surface area contributed by atoms with Crippen molar-refractivity contribution in [3.63, 3.8) is 0 Å². The van der Waals surface area contributed by atoms with E-state index in [1.54, 1.807) is 38.1 Å². The minimum atomic E-state index is -3.73. The first-order valence-electron chi connectivity index (χ1n) is 10.2. The van der Waals surface area contributed by atoms with Crippen LogP contribution in [0.1, 0.15) is 28.2 Å². The zero-order valence-electron chi connectivity index (χ0n) is 17.7. The number of para-hydroxylation sites is 1. The van der Waals surface area contributed by atoms with Crippen molar-refractivity contribution >= 4 is 33.4 Å². The summed E-state index contributed by atoms with van der Waals surface area (Å²) in [6, 6.07) is 5.60. The number of carbonyl (C=O) groups excluding carboxylic acids is 3. The van der Waals surface area contributed by atoms with Crippen LogP contribution < -0.4 is 10.6 Å². The van der Waals surface area contributed by atoms with Gasteiger partial charge in [-0.15, -0.1) is 0 Å². The second kappa shape index (κ2) is 8.36. The maximum atomic E-state index is 13.0. The summed E-state index contributed by atoms with van der Waals surface area (Å²) in [5.41, 5.74) is 1.60. The second-order valence-electron chi connectivity index (χ2n) is 7.81. The first-order chi connectivity index (χ1) is 15.2. The molecular formula is C20H24N6O5S. The highest BCUT2D eigenvalue weighted by molar-refractivity contribution is 7.89. The summed E-state index contributed by atoms with van der Waals surface area (Å²) < 4.78 is 27.3. The number of aromatic nitrogens is 2. The number of fused-ring (bicyclic) bond motifs is 1. The van der Waals surface area contributed by atoms with Crippen LogP contribution in [0.4, 0.5) is 5.69 Å². The summed E-state index contributed by atoms with van der Waals surface area (Å²) in [4.78, 5) is 39.4. The number of nitrogens with one attached hydrogen (secondary N) is 3. The molecule has 0 bridgehead atoms. The Balaban J connectivity index is 1.39. The number of carbonyl (C=O) groups is 3. The molecule has 170 valence electrons. The lowest BCUT2D eigenvalue weighted by Crippen LogP contribution is -2.52. The quantitative estimate of drug-likeness (QED) is 0.586. The molecule has 1 atom stereocenters. The molecule has 0 saturated carbocycles. The van der Waals surface area contributed by atoms with Gasteiger partial charge in [-0.2, -0.15) is 9.40 Å². The van der Waals surface area contributed by atoms with Crippen LogP contribution in [0.25, 0.3) is 0 Å². The highest BCUT2D eigenvalue weighted by Gasteiger charge is 2.35. The molecule has 4 rings (SSSR count). The van der Waals surface area contributed by atoms with Crippen LogP contribution in [0, 0.1) is 13.8 Å². The lowest BCUT2D eigenvalue weighted by Gasteiger charge is -2.34. The van der Waals surface area contributed by atoms with Gasteiger partial charge in [-0.05, 0) is 26.0 Å². The first-order valence-corrected chi connectivity index (χ1v) is 11.6. The molecule has 1 aromatic heterocycles. The van der Waals surface area contributed by atoms with Gasteiger partial charge in [0.05, 0.1) is 29.1 Å². The smallest absolute Gasteiger partial charge is 0.254 e. The number of H-pyrrole nitrogens is 1. The van der Waals surface area contributed by atoms with Crippen molar-refractivity contribution in [3.8, 4) is 0 Å². The molecule has 2 aromatic rings. The van der Waals surface area contributed by atoms with Gasteiger partial charge < -0.3 is 15.5 Å². The number of rotatable bonds is 4. The number of hydrogen-bond donors (Lipinski definition) is 3. The van der Waals surface area contributed by atoms with E-state index in [0.717, 1.165) is 0 Å². The van der Waals surface area contributed by atoms with E-state index in [2.05, 4.69) is 20.8 Å². The fourth-order valence-corrected chi connectivity index (χ4v) is 5.74. The molecule has 1 saturated heterocycles. The van der Waals surface area contributed by atoms with Crippen LogP contribution in [0.15, 0.2) is 29.2 Å². The van der Waals surface area contributed by atoms with Crippen molar-refractivity contribution in [2.75, 3.05) is 31.5 Å². The fraction of sp³-hybridized carbons (Fsp3) is 0.400. The number of amides is 3. The number of anilines is 1. The molecule has 3 amide bonds. The highest BCUT2D eigenvalue weighted by atomic mass is 32.2. The summed E-state index contributed by atoms with van der Waals surface area (Å²) in [6.07, 6.45) is -0.210. The Kier molecular flexibility index (Phi) is 5.73. The summed E-state index contributed by atoms with van der Waals surface area (Å²) in [6.45, 7) is 3.92. The lowest BCUT2D eigenvalue weighted by molar-refractivity contribution is -0.134. The van der Waals surface area contributed by atoms with Gasteiger partial charge in [0.15, 0.2) is 0 Å². The van der Waals surface area contributed by atoms with Crippen molar-refractivity contribution in [1.29, 1.82) is 0 Å². The summed E-state index contributed by atoms with van der Waals surface area (Å²) >= 11 is 0. The molecule has 1 unspecified atom stereocenters. The molecule has 2 aliphatic rings. The summed E-state index contributed by atoms with van der Waals surface area (Å²) in [7, 11) is -3.73. The Labute approximate surface area is 185 Å². The van der Waals surface area contributed by atoms with E-state index in [4.69, 9.17) is 0 Å². The van der Waals surface area contributed by atoms with Crippen molar-refractivity contribution in [3.05, 3.63) is 41.2 Å². The Morgan fingerprint density at radius 1 is 1.12 bits per heavy atom. The van der Waals surface area contributed by atoms with E-state index in [1.807, 2.05) is 0 Å². The number of aromatic amines is 1. The number of nitrogens with zero attached hydrogens (tertiary/aromatic N) is 3. The Hall–Kier alpha value is -3.25. The lowest BCUT2D eigenvalue weighted by atomic mass is 10.1. The van der Waals surface area contributed by atoms with Gasteiger partial charge in [-0.25, -0.2) is 8.42 Å². The van der Waals surface area contributed by atoms with Crippen LogP contribution in [0.2, 0.25) is 0 Å². The van der Waals surface area contributed by atoms with E-state index in [-0.39, 0.29) is 43.4 Å². The summed E-state index contributed by atoms with van der Waals surface area (Å²) in [5.74, 6) is -1.23. The minimum Gasteiger partial charge on any atom is -0.340 e. The van der Waals surface area contributed by atoms with Gasteiger partial charge >= 0.3 is 0 Å². The zero-order valence-corrected chi connectivity index (χ0v) is 18.5. The van der Waals surface area contributed by atoms with Gasteiger partial charge in [0, 0.05) is 26.2 Å². The average molecular weight is 461 g/mol. The van der Waals surface area contributed by atoms with Crippen molar-refractivity contribution in [1.82, 2.24) is 24.7 Å². The molecular weight excluding hydrogens is 436 g/mol. The molecule has 0 aliphatic carbocycles. The molecule has 3 N–H and O–H groups in total. The molecule has 2 aliphatic heterocycles. The van der Waals surface area contributed by atoms with Crippen LogP contribution in [-0.2, 0) is 19.6 Å². The fourth-order valence-electron chi connectivity index (χ4n) is 3.99. The van der Waals surface area contributed by atoms with Crippen molar-refractivity contribution in [2.24, 2.45) is 0 Å². The van der Waals surface area contributed by atoms with Gasteiger partial charge in [0.25, 0.3) is 5.91 Å². The normalized spacial score (nSPS) is 19.7. The van der Waals surface area contributed by atoms with E-state index in [9.17, 15) is 22.8 Å². The Morgan fingerprint density at radius 2 is 1.81 bits per heavy atom. The predicted molar refractivity (Wildman–Crippen MR) is 114 cm³/mol. The molecule has 1 fully saturated rings. The first kappa shape index (κ1) is 22.0. The Bertz CT molecular complexity index is 1160. The second-order valence-corrected chi connectivity index (χ2v) is 9.69. The maximum absolute atomic E-state index is 13.0. The third-order valence-corrected chi connectivity index (χ3v) is 7.84. The van der Waals surface area contributed by atoms with Gasteiger partial charge in [0.1, 0.15) is 10.9 Å². The third-order valence-electron chi connectivity index (χ3n) is 5.68. The van der Waals surface area contributed by atoms with Crippen LogP contribution in [0.3, 0.4) is 0 Å². The molecule has 32 heavy (non-hydrogen) atoms. The summed E-state index contributed by atoms with van der Waals surface area (Å²) in [5, 5.41) is 11.9. The van der Waals surface area contributed by atoms with E-state index >= 15 is 0 Å². The molecule has 12 heteroatoms. The highest BCUT2D eigenvalue weighted by Crippen LogP contribution is 2.23. The number of piperazine rings is 1. The molecule has 11 nitrogen and oxygen atoms in total. The number of hydrogen-bond acceptors (Lipinski definition) is 6. The number of benzene rings is 1. The molecule has 0 radical (unpaired) electrons. The number of aryl methyl sites for hydroxylation is 2. The topological polar surface area (TPSA) is 145 Å². The average Bonchev–Trinajstić information content (AvgIpc) is 3.06. The van der Waals surface area contributed by atoms with E-state index in [1.165, 1.54) is 9.21 Å². The van der Waals surface area contributed by atoms with E-state index in [0.29, 0.717) is 22.6 Å². The maximum Gasteiger partial charge on any atom is 0.254 e. The largest absolute Gasteiger partial charge is 0.340 e. The van der Waals surface area contributed by atoms with Crippen LogP contribution >= 0.6 is 0 Å². The number of sulfonamides is 1. The van der Waals surface area contributed by atoms with Gasteiger partial charge in [-0.3, -0.25) is 19.5 Å². The third kappa shape index (κ3) is 3.98.